The Labute approximate surface area is 356 Å². The molecule has 6 aromatic carbocycles. The van der Waals surface area contributed by atoms with Crippen LogP contribution in [0.25, 0.3) is 0 Å². The van der Waals surface area contributed by atoms with E-state index in [4.69, 9.17) is 9.16 Å². The van der Waals surface area contributed by atoms with E-state index in [1.807, 2.05) is 36.4 Å². The number of aryl methyl sites for hydroxylation is 1. The van der Waals surface area contributed by atoms with Crippen LogP contribution >= 0.6 is 0 Å². The molecule has 0 aliphatic rings. The first-order chi connectivity index (χ1) is 29.0. The largest absolute Gasteiger partial charge is 0.495 e. The molecule has 0 aromatic heterocycles. The second-order valence-corrected chi connectivity index (χ2v) is 20.6. The van der Waals surface area contributed by atoms with Crippen molar-refractivity contribution in [3.63, 3.8) is 0 Å². The number of methoxy groups -OCH3 is 1. The van der Waals surface area contributed by atoms with Crippen LogP contribution in [0.5, 0.6) is 5.75 Å². The Morgan fingerprint density at radius 2 is 1.20 bits per heavy atom. The van der Waals surface area contributed by atoms with Crippen molar-refractivity contribution in [2.75, 3.05) is 19.0 Å². The van der Waals surface area contributed by atoms with Gasteiger partial charge in [0.25, 0.3) is 8.32 Å². The SMILES string of the molecule is COc1cc(CO[Si](c2ccccc2)(c2ccccc2)C(C)(C)C)ccc1NC(=O)[C@H](CCCCNC(c1ccccc1)(c1ccccc1)c1ccc(C)cc1)NC(=O)O. The highest BCUT2D eigenvalue weighted by Crippen LogP contribution is 2.39. The predicted octanol–water partition coefficient (Wildman–Crippen LogP) is 9.41. The van der Waals surface area contributed by atoms with Crippen molar-refractivity contribution < 1.29 is 23.9 Å². The number of amides is 2. The van der Waals surface area contributed by atoms with Crippen LogP contribution in [0.4, 0.5) is 10.5 Å². The topological polar surface area (TPSA) is 109 Å². The van der Waals surface area contributed by atoms with Gasteiger partial charge in [0.15, 0.2) is 0 Å². The molecule has 60 heavy (non-hydrogen) atoms. The van der Waals surface area contributed by atoms with Gasteiger partial charge in [-0.15, -0.1) is 0 Å². The molecule has 2 amide bonds. The van der Waals surface area contributed by atoms with E-state index in [9.17, 15) is 14.7 Å². The fourth-order valence-corrected chi connectivity index (χ4v) is 12.8. The van der Waals surface area contributed by atoms with Crippen molar-refractivity contribution >= 4 is 36.4 Å². The zero-order chi connectivity index (χ0) is 42.6. The maximum absolute atomic E-state index is 13.8. The number of carbonyl (C=O) groups excluding carboxylic acids is 1. The van der Waals surface area contributed by atoms with Crippen molar-refractivity contribution in [3.8, 4) is 5.75 Å². The van der Waals surface area contributed by atoms with Crippen LogP contribution in [-0.4, -0.2) is 45.1 Å². The maximum Gasteiger partial charge on any atom is 0.405 e. The number of rotatable bonds is 18. The molecule has 0 aliphatic heterocycles. The highest BCUT2D eigenvalue weighted by Gasteiger charge is 2.50. The first kappa shape index (κ1) is 43.6. The average Bonchev–Trinajstić information content (AvgIpc) is 3.26. The molecule has 0 saturated heterocycles. The zero-order valence-corrected chi connectivity index (χ0v) is 36.3. The molecule has 0 heterocycles. The Kier molecular flexibility index (Phi) is 14.4. The van der Waals surface area contributed by atoms with Crippen LogP contribution in [-0.2, 0) is 21.4 Å². The standard InChI is InChI=1S/C51H57N3O5Si/c1-38-29-32-42(33-30-38)51(40-20-10-6-11-21-40,41-22-12-7-13-23-41)52-35-19-18-28-46(54-49(56)57)48(55)53-45-34-31-39(36-47(45)58-5)37-59-60(50(2,3)4,43-24-14-8-15-25-43)44-26-16-9-17-27-44/h6-17,20-27,29-34,36,46,52,54H,18-19,28,35,37H2,1-5H3,(H,53,55)(H,56,57)/t46-/m0/s1. The van der Waals surface area contributed by atoms with Crippen LogP contribution in [0.3, 0.4) is 0 Å². The molecular formula is C51H57N3O5Si. The van der Waals surface area contributed by atoms with Crippen molar-refractivity contribution in [1.82, 2.24) is 10.6 Å². The smallest absolute Gasteiger partial charge is 0.405 e. The van der Waals surface area contributed by atoms with Crippen LogP contribution in [0, 0.1) is 6.92 Å². The molecule has 0 unspecified atom stereocenters. The Hall–Kier alpha value is -6.00. The summed E-state index contributed by atoms with van der Waals surface area (Å²) in [6.45, 7) is 9.75. The molecule has 6 aromatic rings. The fraction of sp³-hybridized carbons (Fsp3) is 0.255. The van der Waals surface area contributed by atoms with Crippen LogP contribution < -0.4 is 31.1 Å². The number of unbranched alkanes of at least 4 members (excludes halogenated alkanes) is 1. The Bertz CT molecular complexity index is 2200. The van der Waals surface area contributed by atoms with E-state index in [2.05, 4.69) is 165 Å². The summed E-state index contributed by atoms with van der Waals surface area (Å²) in [6, 6.07) is 55.0. The van der Waals surface area contributed by atoms with E-state index in [1.165, 1.54) is 15.9 Å². The number of anilines is 1. The van der Waals surface area contributed by atoms with Gasteiger partial charge in [0.2, 0.25) is 5.91 Å². The van der Waals surface area contributed by atoms with Gasteiger partial charge in [0, 0.05) is 0 Å². The molecule has 0 aliphatic carbocycles. The second-order valence-electron chi connectivity index (χ2n) is 16.2. The molecule has 1 atom stereocenters. The van der Waals surface area contributed by atoms with Crippen molar-refractivity contribution in [2.24, 2.45) is 0 Å². The molecule has 4 N–H and O–H groups in total. The summed E-state index contributed by atoms with van der Waals surface area (Å²) < 4.78 is 12.9. The number of carboxylic acid groups (broad SMARTS) is 1. The molecule has 6 rings (SSSR count). The lowest BCUT2D eigenvalue weighted by atomic mass is 9.76. The number of hydrogen-bond donors (Lipinski definition) is 4. The highest BCUT2D eigenvalue weighted by molar-refractivity contribution is 6.99. The van der Waals surface area contributed by atoms with Crippen molar-refractivity contribution in [1.29, 1.82) is 0 Å². The fourth-order valence-electron chi connectivity index (χ4n) is 8.25. The third kappa shape index (κ3) is 9.88. The Balaban J connectivity index is 1.15. The van der Waals surface area contributed by atoms with Crippen molar-refractivity contribution in [3.05, 3.63) is 192 Å². The molecular weight excluding hydrogens is 763 g/mol. The summed E-state index contributed by atoms with van der Waals surface area (Å²) in [5, 5.41) is 21.2. The minimum Gasteiger partial charge on any atom is -0.495 e. The van der Waals surface area contributed by atoms with E-state index >= 15 is 0 Å². The summed E-state index contributed by atoms with van der Waals surface area (Å²) in [5.41, 5.74) is 5.23. The van der Waals surface area contributed by atoms with Gasteiger partial charge in [-0.2, -0.15) is 0 Å². The van der Waals surface area contributed by atoms with E-state index in [1.54, 1.807) is 13.2 Å². The number of hydrogen-bond acceptors (Lipinski definition) is 5. The van der Waals surface area contributed by atoms with E-state index in [0.29, 0.717) is 43.9 Å². The van der Waals surface area contributed by atoms with Gasteiger partial charge in [-0.1, -0.05) is 178 Å². The monoisotopic (exact) mass is 819 g/mol. The Morgan fingerprint density at radius 3 is 1.70 bits per heavy atom. The number of nitrogens with one attached hydrogen (secondary N) is 3. The minimum atomic E-state index is -2.79. The molecule has 9 heteroatoms. The summed E-state index contributed by atoms with van der Waals surface area (Å²) >= 11 is 0. The number of carbonyl (C=O) groups is 2. The highest BCUT2D eigenvalue weighted by atomic mass is 28.4. The van der Waals surface area contributed by atoms with Gasteiger partial charge in [-0.05, 0) is 82.5 Å². The summed E-state index contributed by atoms with van der Waals surface area (Å²) in [7, 11) is -1.24. The average molecular weight is 820 g/mol. The molecule has 310 valence electrons. The molecule has 0 radical (unpaired) electrons. The maximum atomic E-state index is 13.8. The van der Waals surface area contributed by atoms with Crippen LogP contribution in [0.15, 0.2) is 164 Å². The summed E-state index contributed by atoms with van der Waals surface area (Å²) in [4.78, 5) is 25.7. The summed E-state index contributed by atoms with van der Waals surface area (Å²) in [6.07, 6.45) is 0.333. The second kappa shape index (κ2) is 19.8. The lowest BCUT2D eigenvalue weighted by Crippen LogP contribution is -2.66. The normalized spacial score (nSPS) is 12.3. The third-order valence-electron chi connectivity index (χ3n) is 11.2. The number of ether oxygens (including phenoxy) is 1. The van der Waals surface area contributed by atoms with Gasteiger partial charge >= 0.3 is 6.09 Å². The van der Waals surface area contributed by atoms with E-state index < -0.39 is 31.9 Å². The van der Waals surface area contributed by atoms with Gasteiger partial charge < -0.3 is 24.9 Å². The van der Waals surface area contributed by atoms with Crippen molar-refractivity contribution in [2.45, 2.75) is 70.2 Å². The minimum absolute atomic E-state index is 0.191. The molecule has 0 spiro atoms. The first-order valence-corrected chi connectivity index (χ1v) is 22.5. The number of benzene rings is 6. The predicted molar refractivity (Wildman–Crippen MR) is 245 cm³/mol. The lowest BCUT2D eigenvalue weighted by Gasteiger charge is -2.43. The van der Waals surface area contributed by atoms with Crippen LogP contribution in [0.1, 0.15) is 67.9 Å². The molecule has 0 bridgehead atoms. The van der Waals surface area contributed by atoms with Gasteiger partial charge in [-0.3, -0.25) is 10.1 Å². The van der Waals surface area contributed by atoms with Crippen LogP contribution in [0.2, 0.25) is 5.04 Å². The third-order valence-corrected chi connectivity index (χ3v) is 16.2. The molecule has 0 saturated carbocycles. The molecule has 0 fully saturated rings. The van der Waals surface area contributed by atoms with E-state index in [0.717, 1.165) is 22.3 Å². The zero-order valence-electron chi connectivity index (χ0n) is 35.3. The summed E-state index contributed by atoms with van der Waals surface area (Å²) in [5.74, 6) is 0.00184. The van der Waals surface area contributed by atoms with E-state index in [-0.39, 0.29) is 5.04 Å². The Morgan fingerprint density at radius 1 is 0.683 bits per heavy atom. The quantitative estimate of drug-likeness (QED) is 0.0391. The lowest BCUT2D eigenvalue weighted by molar-refractivity contribution is -0.118. The molecule has 8 nitrogen and oxygen atoms in total. The van der Waals surface area contributed by atoms with Gasteiger partial charge in [0.05, 0.1) is 24.9 Å². The van der Waals surface area contributed by atoms with Gasteiger partial charge in [-0.25, -0.2) is 4.79 Å². The first-order valence-electron chi connectivity index (χ1n) is 20.6. The van der Waals surface area contributed by atoms with Gasteiger partial charge in [0.1, 0.15) is 11.8 Å².